The van der Waals surface area contributed by atoms with Crippen molar-refractivity contribution in [3.05, 3.63) is 52.5 Å². The summed E-state index contributed by atoms with van der Waals surface area (Å²) in [4.78, 5) is 25.4. The normalized spacial score (nSPS) is 10.4. The van der Waals surface area contributed by atoms with Crippen molar-refractivity contribution in [1.82, 2.24) is 4.90 Å². The van der Waals surface area contributed by atoms with Crippen LogP contribution in [0.1, 0.15) is 37.8 Å². The van der Waals surface area contributed by atoms with Crippen LogP contribution in [0.4, 0.5) is 0 Å². The average molecular weight is 317 g/mol. The molecule has 2 rings (SSSR count). The SMILES string of the molecule is COC(=O)c1cc(CN(C)C(=O)c2ccc(C)cc2O)oc1C. The monoisotopic (exact) mass is 317 g/mol. The van der Waals surface area contributed by atoms with E-state index in [9.17, 15) is 14.7 Å². The van der Waals surface area contributed by atoms with Gasteiger partial charge >= 0.3 is 5.97 Å². The zero-order valence-electron chi connectivity index (χ0n) is 13.5. The fourth-order valence-electron chi connectivity index (χ4n) is 2.27. The van der Waals surface area contributed by atoms with E-state index in [0.717, 1.165) is 5.56 Å². The van der Waals surface area contributed by atoms with Gasteiger partial charge in [-0.25, -0.2) is 4.79 Å². The Morgan fingerprint density at radius 3 is 2.52 bits per heavy atom. The number of nitrogens with zero attached hydrogens (tertiary/aromatic N) is 1. The number of phenolic OH excluding ortho intramolecular Hbond substituents is 1. The predicted molar refractivity (Wildman–Crippen MR) is 83.4 cm³/mol. The lowest BCUT2D eigenvalue weighted by Gasteiger charge is -2.16. The van der Waals surface area contributed by atoms with Crippen molar-refractivity contribution in [3.63, 3.8) is 0 Å². The zero-order chi connectivity index (χ0) is 17.1. The Hall–Kier alpha value is -2.76. The lowest BCUT2D eigenvalue weighted by molar-refractivity contribution is 0.0598. The summed E-state index contributed by atoms with van der Waals surface area (Å²) in [6.45, 7) is 3.66. The minimum atomic E-state index is -0.484. The summed E-state index contributed by atoms with van der Waals surface area (Å²) < 4.78 is 10.2. The minimum Gasteiger partial charge on any atom is -0.507 e. The van der Waals surface area contributed by atoms with Crippen LogP contribution >= 0.6 is 0 Å². The Balaban J connectivity index is 2.17. The number of rotatable bonds is 4. The molecule has 1 aromatic heterocycles. The summed E-state index contributed by atoms with van der Waals surface area (Å²) in [5.41, 5.74) is 1.42. The van der Waals surface area contributed by atoms with Crippen molar-refractivity contribution in [2.75, 3.05) is 14.2 Å². The second kappa shape index (κ2) is 6.56. The van der Waals surface area contributed by atoms with Crippen LogP contribution in [0, 0.1) is 13.8 Å². The molecule has 1 amide bonds. The number of furan rings is 1. The molecule has 0 atom stereocenters. The largest absolute Gasteiger partial charge is 0.507 e. The molecule has 0 saturated carbocycles. The molecular formula is C17H19NO5. The molecule has 1 aromatic carbocycles. The first-order valence-corrected chi connectivity index (χ1v) is 7.06. The Bertz CT molecular complexity index is 747. The molecule has 0 spiro atoms. The lowest BCUT2D eigenvalue weighted by Crippen LogP contribution is -2.26. The molecule has 0 saturated heterocycles. The number of benzene rings is 1. The van der Waals surface area contributed by atoms with Crippen molar-refractivity contribution in [3.8, 4) is 5.75 Å². The highest BCUT2D eigenvalue weighted by molar-refractivity contribution is 5.96. The molecule has 0 aliphatic rings. The third kappa shape index (κ3) is 3.53. The van der Waals surface area contributed by atoms with E-state index < -0.39 is 5.97 Å². The predicted octanol–water partition coefficient (Wildman–Crippen LogP) is 2.66. The molecule has 1 N–H and O–H groups in total. The maximum absolute atomic E-state index is 12.4. The van der Waals surface area contributed by atoms with E-state index in [1.54, 1.807) is 32.2 Å². The number of phenols is 1. The molecule has 6 heteroatoms. The maximum Gasteiger partial charge on any atom is 0.341 e. The van der Waals surface area contributed by atoms with Gasteiger partial charge in [0, 0.05) is 7.05 Å². The molecule has 0 fully saturated rings. The van der Waals surface area contributed by atoms with E-state index in [1.165, 1.54) is 18.1 Å². The Morgan fingerprint density at radius 1 is 1.22 bits per heavy atom. The minimum absolute atomic E-state index is 0.0623. The van der Waals surface area contributed by atoms with Crippen molar-refractivity contribution in [2.24, 2.45) is 0 Å². The van der Waals surface area contributed by atoms with Crippen LogP contribution in [0.5, 0.6) is 5.75 Å². The Morgan fingerprint density at radius 2 is 1.91 bits per heavy atom. The fraction of sp³-hybridized carbons (Fsp3) is 0.294. The quantitative estimate of drug-likeness (QED) is 0.877. The van der Waals surface area contributed by atoms with E-state index in [1.807, 2.05) is 6.92 Å². The smallest absolute Gasteiger partial charge is 0.341 e. The van der Waals surface area contributed by atoms with E-state index in [4.69, 9.17) is 4.42 Å². The van der Waals surface area contributed by atoms with Crippen LogP contribution < -0.4 is 0 Å². The second-order valence-electron chi connectivity index (χ2n) is 5.36. The van der Waals surface area contributed by atoms with E-state index in [2.05, 4.69) is 4.74 Å². The topological polar surface area (TPSA) is 80.0 Å². The van der Waals surface area contributed by atoms with Gasteiger partial charge in [0.1, 0.15) is 22.8 Å². The summed E-state index contributed by atoms with van der Waals surface area (Å²) in [7, 11) is 2.89. The first kappa shape index (κ1) is 16.6. The van der Waals surface area contributed by atoms with Gasteiger partial charge in [0.05, 0.1) is 19.2 Å². The highest BCUT2D eigenvalue weighted by Gasteiger charge is 2.20. The number of amides is 1. The van der Waals surface area contributed by atoms with Gasteiger partial charge in [-0.3, -0.25) is 4.79 Å². The number of aromatic hydroxyl groups is 1. The van der Waals surface area contributed by atoms with Gasteiger partial charge in [0.15, 0.2) is 0 Å². The molecule has 1 heterocycles. The van der Waals surface area contributed by atoms with E-state index in [0.29, 0.717) is 17.1 Å². The zero-order valence-corrected chi connectivity index (χ0v) is 13.5. The number of carbonyl (C=O) groups excluding carboxylic acids is 2. The highest BCUT2D eigenvalue weighted by atomic mass is 16.5. The number of aryl methyl sites for hydroxylation is 2. The van der Waals surface area contributed by atoms with Gasteiger partial charge in [0.25, 0.3) is 5.91 Å². The summed E-state index contributed by atoms with van der Waals surface area (Å²) >= 11 is 0. The number of methoxy groups -OCH3 is 1. The van der Waals surface area contributed by atoms with Crippen LogP contribution in [-0.4, -0.2) is 36.0 Å². The number of carbonyl (C=O) groups is 2. The van der Waals surface area contributed by atoms with Crippen LogP contribution in [-0.2, 0) is 11.3 Å². The van der Waals surface area contributed by atoms with Crippen LogP contribution in [0.15, 0.2) is 28.7 Å². The number of hydrogen-bond donors (Lipinski definition) is 1. The fourth-order valence-corrected chi connectivity index (χ4v) is 2.27. The summed E-state index contributed by atoms with van der Waals surface area (Å²) in [5.74, 6) is 0.0165. The lowest BCUT2D eigenvalue weighted by atomic mass is 10.1. The molecular weight excluding hydrogens is 298 g/mol. The number of ether oxygens (including phenoxy) is 1. The molecule has 2 aromatic rings. The maximum atomic E-state index is 12.4. The average Bonchev–Trinajstić information content (AvgIpc) is 2.86. The molecule has 23 heavy (non-hydrogen) atoms. The number of esters is 1. The van der Waals surface area contributed by atoms with E-state index in [-0.39, 0.29) is 23.8 Å². The highest BCUT2D eigenvalue weighted by Crippen LogP contribution is 2.22. The van der Waals surface area contributed by atoms with Crippen molar-refractivity contribution in [1.29, 1.82) is 0 Å². The van der Waals surface area contributed by atoms with Crippen molar-refractivity contribution in [2.45, 2.75) is 20.4 Å². The summed E-state index contributed by atoms with van der Waals surface area (Å²) in [6.07, 6.45) is 0. The second-order valence-corrected chi connectivity index (χ2v) is 5.36. The van der Waals surface area contributed by atoms with Gasteiger partial charge in [-0.05, 0) is 37.6 Å². The molecule has 6 nitrogen and oxygen atoms in total. The number of hydrogen-bond acceptors (Lipinski definition) is 5. The molecule has 0 bridgehead atoms. The van der Waals surface area contributed by atoms with Crippen molar-refractivity contribution < 1.29 is 23.8 Å². The Labute approximate surface area is 134 Å². The van der Waals surface area contributed by atoms with Gasteiger partial charge in [0.2, 0.25) is 0 Å². The molecule has 0 aliphatic carbocycles. The summed E-state index contributed by atoms with van der Waals surface area (Å²) in [6, 6.07) is 6.43. The standard InChI is InChI=1S/C17H19NO5/c1-10-5-6-13(15(19)7-10)16(20)18(3)9-12-8-14(11(2)23-12)17(21)22-4/h5-8,19H,9H2,1-4H3. The van der Waals surface area contributed by atoms with Gasteiger partial charge in [-0.15, -0.1) is 0 Å². The summed E-state index contributed by atoms with van der Waals surface area (Å²) in [5, 5.41) is 9.90. The Kier molecular flexibility index (Phi) is 4.74. The first-order valence-electron chi connectivity index (χ1n) is 7.06. The van der Waals surface area contributed by atoms with Crippen LogP contribution in [0.25, 0.3) is 0 Å². The molecule has 0 aliphatic heterocycles. The van der Waals surface area contributed by atoms with Crippen LogP contribution in [0.2, 0.25) is 0 Å². The van der Waals surface area contributed by atoms with Gasteiger partial charge in [-0.1, -0.05) is 6.07 Å². The molecule has 0 unspecified atom stereocenters. The first-order chi connectivity index (χ1) is 10.8. The van der Waals surface area contributed by atoms with Gasteiger partial charge < -0.3 is 19.2 Å². The molecule has 0 radical (unpaired) electrons. The molecule has 122 valence electrons. The van der Waals surface area contributed by atoms with Crippen molar-refractivity contribution >= 4 is 11.9 Å². The van der Waals surface area contributed by atoms with E-state index >= 15 is 0 Å². The van der Waals surface area contributed by atoms with Gasteiger partial charge in [-0.2, -0.15) is 0 Å². The third-order valence-corrected chi connectivity index (χ3v) is 3.50. The third-order valence-electron chi connectivity index (χ3n) is 3.50. The van der Waals surface area contributed by atoms with Crippen LogP contribution in [0.3, 0.4) is 0 Å².